The molecule has 1 rings (SSSR count). The summed E-state index contributed by atoms with van der Waals surface area (Å²) in [6.07, 6.45) is 5.87. The van der Waals surface area contributed by atoms with E-state index in [0.717, 1.165) is 19.4 Å². The molecule has 0 aliphatic heterocycles. The maximum absolute atomic E-state index is 12.1. The average Bonchev–Trinajstić information content (AvgIpc) is 2.38. The number of carbonyl (C=O) groups is 1. The Hall–Kier alpha value is -0.610. The van der Waals surface area contributed by atoms with Gasteiger partial charge in [-0.2, -0.15) is 0 Å². The summed E-state index contributed by atoms with van der Waals surface area (Å²) in [6.45, 7) is 7.89. The number of amides is 1. The Labute approximate surface area is 124 Å². The lowest BCUT2D eigenvalue weighted by Gasteiger charge is -2.30. The van der Waals surface area contributed by atoms with E-state index in [1.807, 2.05) is 7.05 Å². The molecule has 4 nitrogen and oxygen atoms in total. The maximum atomic E-state index is 12.1. The summed E-state index contributed by atoms with van der Waals surface area (Å²) >= 11 is 0. The molecule has 0 saturated heterocycles. The largest absolute Gasteiger partial charge is 0.352 e. The first-order chi connectivity index (χ1) is 9.40. The fourth-order valence-electron chi connectivity index (χ4n) is 2.81. The number of hydrogen-bond acceptors (Lipinski definition) is 3. The van der Waals surface area contributed by atoms with E-state index in [1.165, 1.54) is 19.3 Å². The van der Waals surface area contributed by atoms with Gasteiger partial charge < -0.3 is 11.1 Å². The van der Waals surface area contributed by atoms with Crippen LogP contribution in [0.25, 0.3) is 0 Å². The minimum absolute atomic E-state index is 0.157. The van der Waals surface area contributed by atoms with E-state index in [-0.39, 0.29) is 11.9 Å². The molecule has 20 heavy (non-hydrogen) atoms. The minimum atomic E-state index is 0.157. The van der Waals surface area contributed by atoms with E-state index in [1.54, 1.807) is 0 Å². The zero-order valence-electron chi connectivity index (χ0n) is 13.7. The summed E-state index contributed by atoms with van der Waals surface area (Å²) in [5.74, 6) is 1.28. The van der Waals surface area contributed by atoms with Crippen molar-refractivity contribution in [2.45, 2.75) is 65.0 Å². The molecular weight excluding hydrogens is 250 g/mol. The Morgan fingerprint density at radius 1 is 1.35 bits per heavy atom. The van der Waals surface area contributed by atoms with Crippen LogP contribution in [-0.2, 0) is 4.79 Å². The SMILES string of the molecule is CC(C)C(N)CCN(C)CC(=O)NC1CCCCC1C. The van der Waals surface area contributed by atoms with Gasteiger partial charge in [-0.1, -0.05) is 33.6 Å². The summed E-state index contributed by atoms with van der Waals surface area (Å²) < 4.78 is 0. The molecule has 0 aromatic heterocycles. The minimum Gasteiger partial charge on any atom is -0.352 e. The lowest BCUT2D eigenvalue weighted by Crippen LogP contribution is -2.45. The highest BCUT2D eigenvalue weighted by Crippen LogP contribution is 2.23. The van der Waals surface area contributed by atoms with Gasteiger partial charge in [0.2, 0.25) is 5.91 Å². The van der Waals surface area contributed by atoms with Gasteiger partial charge in [-0.3, -0.25) is 9.69 Å². The van der Waals surface area contributed by atoms with Crippen LogP contribution in [-0.4, -0.2) is 43.0 Å². The Balaban J connectivity index is 2.23. The lowest BCUT2D eigenvalue weighted by atomic mass is 9.86. The molecule has 1 amide bonds. The number of rotatable bonds is 7. The second-order valence-corrected chi connectivity index (χ2v) is 6.87. The Kier molecular flexibility index (Phi) is 7.52. The standard InChI is InChI=1S/C16H33N3O/c1-12(2)14(17)9-10-19(4)11-16(20)18-15-8-6-5-7-13(15)3/h12-15H,5-11,17H2,1-4H3,(H,18,20). The molecule has 1 aliphatic rings. The van der Waals surface area contributed by atoms with Crippen LogP contribution >= 0.6 is 0 Å². The number of carbonyl (C=O) groups excluding carboxylic acids is 1. The van der Waals surface area contributed by atoms with Crippen LogP contribution in [0.2, 0.25) is 0 Å². The van der Waals surface area contributed by atoms with Crippen LogP contribution in [0.1, 0.15) is 52.9 Å². The van der Waals surface area contributed by atoms with Crippen molar-refractivity contribution in [1.82, 2.24) is 10.2 Å². The van der Waals surface area contributed by atoms with Crippen molar-refractivity contribution < 1.29 is 4.79 Å². The van der Waals surface area contributed by atoms with Crippen LogP contribution in [0.3, 0.4) is 0 Å². The maximum Gasteiger partial charge on any atom is 0.234 e. The molecule has 0 spiro atoms. The van der Waals surface area contributed by atoms with Crippen molar-refractivity contribution in [3.63, 3.8) is 0 Å². The third-order valence-corrected chi connectivity index (χ3v) is 4.57. The molecule has 0 bridgehead atoms. The van der Waals surface area contributed by atoms with Gasteiger partial charge >= 0.3 is 0 Å². The Bertz CT molecular complexity index is 293. The summed E-state index contributed by atoms with van der Waals surface area (Å²) in [6, 6.07) is 0.599. The molecule has 3 atom stereocenters. The third-order valence-electron chi connectivity index (χ3n) is 4.57. The van der Waals surface area contributed by atoms with Gasteiger partial charge in [0, 0.05) is 12.1 Å². The van der Waals surface area contributed by atoms with Gasteiger partial charge in [0.15, 0.2) is 0 Å². The van der Waals surface area contributed by atoms with Crippen molar-refractivity contribution in [3.05, 3.63) is 0 Å². The van der Waals surface area contributed by atoms with E-state index in [4.69, 9.17) is 5.73 Å². The number of nitrogens with zero attached hydrogens (tertiary/aromatic N) is 1. The number of nitrogens with two attached hydrogens (primary N) is 1. The van der Waals surface area contributed by atoms with Crippen LogP contribution in [0.4, 0.5) is 0 Å². The van der Waals surface area contributed by atoms with Gasteiger partial charge in [-0.05, 0) is 44.7 Å². The van der Waals surface area contributed by atoms with E-state index in [0.29, 0.717) is 24.4 Å². The van der Waals surface area contributed by atoms with Crippen molar-refractivity contribution in [2.75, 3.05) is 20.1 Å². The predicted octanol–water partition coefficient (Wildman–Crippen LogP) is 1.99. The van der Waals surface area contributed by atoms with Crippen LogP contribution in [0.15, 0.2) is 0 Å². The van der Waals surface area contributed by atoms with Gasteiger partial charge in [-0.25, -0.2) is 0 Å². The van der Waals surface area contributed by atoms with E-state index in [2.05, 4.69) is 31.0 Å². The summed E-state index contributed by atoms with van der Waals surface area (Å²) in [7, 11) is 2.00. The topological polar surface area (TPSA) is 58.4 Å². The quantitative estimate of drug-likeness (QED) is 0.751. The molecule has 3 N–H and O–H groups in total. The molecule has 1 fully saturated rings. The monoisotopic (exact) mass is 283 g/mol. The molecule has 1 saturated carbocycles. The van der Waals surface area contributed by atoms with Gasteiger partial charge in [0.25, 0.3) is 0 Å². The van der Waals surface area contributed by atoms with Gasteiger partial charge in [0.1, 0.15) is 0 Å². The van der Waals surface area contributed by atoms with E-state index >= 15 is 0 Å². The first-order valence-corrected chi connectivity index (χ1v) is 8.13. The fraction of sp³-hybridized carbons (Fsp3) is 0.938. The molecule has 0 aromatic rings. The fourth-order valence-corrected chi connectivity index (χ4v) is 2.81. The third kappa shape index (κ3) is 6.23. The molecule has 0 aromatic carbocycles. The summed E-state index contributed by atoms with van der Waals surface area (Å²) in [5.41, 5.74) is 6.04. The normalized spacial score (nSPS) is 24.9. The van der Waals surface area contributed by atoms with E-state index < -0.39 is 0 Å². The molecule has 3 unspecified atom stereocenters. The van der Waals surface area contributed by atoms with Crippen LogP contribution in [0.5, 0.6) is 0 Å². The Morgan fingerprint density at radius 2 is 2.00 bits per heavy atom. The van der Waals surface area contributed by atoms with Crippen molar-refractivity contribution >= 4 is 5.91 Å². The van der Waals surface area contributed by atoms with E-state index in [9.17, 15) is 4.79 Å². The first-order valence-electron chi connectivity index (χ1n) is 8.13. The van der Waals surface area contributed by atoms with Crippen molar-refractivity contribution in [3.8, 4) is 0 Å². The lowest BCUT2D eigenvalue weighted by molar-refractivity contribution is -0.123. The zero-order chi connectivity index (χ0) is 15.1. The second kappa shape index (κ2) is 8.63. The zero-order valence-corrected chi connectivity index (χ0v) is 13.7. The second-order valence-electron chi connectivity index (χ2n) is 6.87. The van der Waals surface area contributed by atoms with Gasteiger partial charge in [-0.15, -0.1) is 0 Å². The molecule has 118 valence electrons. The number of likely N-dealkylation sites (N-methyl/N-ethyl adjacent to an activating group) is 1. The van der Waals surface area contributed by atoms with Crippen molar-refractivity contribution in [2.24, 2.45) is 17.6 Å². The highest BCUT2D eigenvalue weighted by molar-refractivity contribution is 5.78. The smallest absolute Gasteiger partial charge is 0.234 e. The van der Waals surface area contributed by atoms with Gasteiger partial charge in [0.05, 0.1) is 6.54 Å². The average molecular weight is 283 g/mol. The predicted molar refractivity (Wildman–Crippen MR) is 84.5 cm³/mol. The first kappa shape index (κ1) is 17.4. The highest BCUT2D eigenvalue weighted by atomic mass is 16.2. The number of nitrogens with one attached hydrogen (secondary N) is 1. The Morgan fingerprint density at radius 3 is 2.60 bits per heavy atom. The summed E-state index contributed by atoms with van der Waals surface area (Å²) in [4.78, 5) is 14.1. The van der Waals surface area contributed by atoms with Crippen molar-refractivity contribution in [1.29, 1.82) is 0 Å². The molecule has 1 aliphatic carbocycles. The molecular formula is C16H33N3O. The summed E-state index contributed by atoms with van der Waals surface area (Å²) in [5, 5.41) is 3.20. The van der Waals surface area contributed by atoms with Crippen LogP contribution < -0.4 is 11.1 Å². The highest BCUT2D eigenvalue weighted by Gasteiger charge is 2.23. The number of hydrogen-bond donors (Lipinski definition) is 2. The van der Waals surface area contributed by atoms with Crippen LogP contribution in [0, 0.1) is 11.8 Å². The molecule has 4 heteroatoms. The molecule has 0 heterocycles. The molecule has 0 radical (unpaired) electrons.